The summed E-state index contributed by atoms with van der Waals surface area (Å²) in [7, 11) is 1.41. The highest BCUT2D eigenvalue weighted by atomic mass is 32.2. The minimum absolute atomic E-state index is 0.0472. The van der Waals surface area contributed by atoms with Gasteiger partial charge in [0.2, 0.25) is 5.91 Å². The van der Waals surface area contributed by atoms with Gasteiger partial charge in [-0.3, -0.25) is 14.9 Å². The van der Waals surface area contributed by atoms with Gasteiger partial charge in [0.1, 0.15) is 0 Å². The number of nitrogens with zero attached hydrogens (tertiary/aromatic N) is 2. The fourth-order valence-electron chi connectivity index (χ4n) is 2.23. The zero-order chi connectivity index (χ0) is 15.9. The van der Waals surface area contributed by atoms with Crippen molar-refractivity contribution >= 4 is 23.4 Å². The average molecular weight is 325 g/mol. The maximum atomic E-state index is 12.0. The van der Waals surface area contributed by atoms with Crippen LogP contribution in [0.2, 0.25) is 0 Å². The summed E-state index contributed by atoms with van der Waals surface area (Å²) < 4.78 is 4.97. The lowest BCUT2D eigenvalue weighted by Crippen LogP contribution is -2.47. The summed E-state index contributed by atoms with van der Waals surface area (Å²) in [5, 5.41) is 14.2. The second-order valence-electron chi connectivity index (χ2n) is 4.89. The van der Waals surface area contributed by atoms with Crippen LogP contribution in [0, 0.1) is 10.1 Å². The predicted octanol–water partition coefficient (Wildman–Crippen LogP) is 1.27. The molecule has 1 heterocycles. The summed E-state index contributed by atoms with van der Waals surface area (Å²) in [4.78, 5) is 24.4. The second-order valence-corrected chi connectivity index (χ2v) is 5.87. The minimum Gasteiger partial charge on any atom is -0.490 e. The quantitative estimate of drug-likeness (QED) is 0.626. The number of carbonyl (C=O) groups excluding carboxylic acids is 1. The molecule has 1 amide bonds. The van der Waals surface area contributed by atoms with E-state index in [4.69, 9.17) is 4.74 Å². The van der Waals surface area contributed by atoms with Crippen molar-refractivity contribution in [2.45, 2.75) is 5.75 Å². The Morgan fingerprint density at radius 2 is 2.18 bits per heavy atom. The third-order valence-corrected chi connectivity index (χ3v) is 4.39. The predicted molar refractivity (Wildman–Crippen MR) is 85.3 cm³/mol. The van der Waals surface area contributed by atoms with E-state index in [0.717, 1.165) is 31.7 Å². The number of nitrogens with one attached hydrogen (secondary N) is 1. The maximum Gasteiger partial charge on any atom is 0.311 e. The van der Waals surface area contributed by atoms with Crippen LogP contribution in [0.5, 0.6) is 5.75 Å². The van der Waals surface area contributed by atoms with Crippen LogP contribution in [0.15, 0.2) is 18.2 Å². The third kappa shape index (κ3) is 4.35. The molecule has 1 fully saturated rings. The Morgan fingerprint density at radius 1 is 1.45 bits per heavy atom. The summed E-state index contributed by atoms with van der Waals surface area (Å²) >= 11 is 1.47. The van der Waals surface area contributed by atoms with Crippen LogP contribution in [0.25, 0.3) is 0 Å². The number of nitro groups is 1. The Labute approximate surface area is 133 Å². The van der Waals surface area contributed by atoms with E-state index < -0.39 is 4.92 Å². The number of amides is 1. The zero-order valence-electron chi connectivity index (χ0n) is 12.4. The van der Waals surface area contributed by atoms with Gasteiger partial charge in [0.25, 0.3) is 0 Å². The van der Waals surface area contributed by atoms with Crippen molar-refractivity contribution in [2.24, 2.45) is 0 Å². The molecule has 0 aliphatic carbocycles. The summed E-state index contributed by atoms with van der Waals surface area (Å²) in [5.74, 6) is 1.31. The SMILES string of the molecule is COc1ccc(CSCC(=O)N2CCNCC2)cc1[N+](=O)[O-]. The molecule has 1 N–H and O–H groups in total. The lowest BCUT2D eigenvalue weighted by molar-refractivity contribution is -0.385. The summed E-state index contributed by atoms with van der Waals surface area (Å²) in [6.07, 6.45) is 0. The molecule has 0 aromatic heterocycles. The number of thioether (sulfide) groups is 1. The van der Waals surface area contributed by atoms with Crippen molar-refractivity contribution in [1.82, 2.24) is 10.2 Å². The van der Waals surface area contributed by atoms with Crippen LogP contribution in [-0.2, 0) is 10.5 Å². The van der Waals surface area contributed by atoms with Crippen molar-refractivity contribution in [3.63, 3.8) is 0 Å². The number of methoxy groups -OCH3 is 1. The molecule has 1 aliphatic heterocycles. The molecule has 1 aromatic rings. The van der Waals surface area contributed by atoms with Gasteiger partial charge >= 0.3 is 5.69 Å². The smallest absolute Gasteiger partial charge is 0.311 e. The lowest BCUT2D eigenvalue weighted by atomic mass is 10.2. The van der Waals surface area contributed by atoms with Gasteiger partial charge in [-0.2, -0.15) is 0 Å². The van der Waals surface area contributed by atoms with Crippen molar-refractivity contribution in [2.75, 3.05) is 39.0 Å². The standard InChI is InChI=1S/C14H19N3O4S/c1-21-13-3-2-11(8-12(13)17(19)20)9-22-10-14(18)16-6-4-15-5-7-16/h2-3,8,15H,4-7,9-10H2,1H3. The normalized spacial score (nSPS) is 14.7. The van der Waals surface area contributed by atoms with Crippen LogP contribution in [-0.4, -0.2) is 54.8 Å². The zero-order valence-corrected chi connectivity index (χ0v) is 13.2. The molecule has 0 saturated carbocycles. The van der Waals surface area contributed by atoms with E-state index in [-0.39, 0.29) is 17.3 Å². The first-order valence-corrected chi connectivity index (χ1v) is 8.15. The molecule has 1 saturated heterocycles. The molecule has 8 heteroatoms. The molecule has 120 valence electrons. The van der Waals surface area contributed by atoms with Gasteiger partial charge < -0.3 is 15.0 Å². The Morgan fingerprint density at radius 3 is 2.82 bits per heavy atom. The first-order chi connectivity index (χ1) is 10.6. The molecule has 22 heavy (non-hydrogen) atoms. The lowest BCUT2D eigenvalue weighted by Gasteiger charge is -2.27. The van der Waals surface area contributed by atoms with Crippen LogP contribution < -0.4 is 10.1 Å². The van der Waals surface area contributed by atoms with Gasteiger partial charge in [0, 0.05) is 38.0 Å². The largest absolute Gasteiger partial charge is 0.490 e. The number of benzene rings is 1. The second kappa shape index (κ2) is 8.00. The fourth-order valence-corrected chi connectivity index (χ4v) is 3.10. The summed E-state index contributed by atoms with van der Waals surface area (Å²) in [6, 6.07) is 4.88. The van der Waals surface area contributed by atoms with E-state index in [1.165, 1.54) is 24.9 Å². The topological polar surface area (TPSA) is 84.7 Å². The van der Waals surface area contributed by atoms with Crippen molar-refractivity contribution in [3.05, 3.63) is 33.9 Å². The van der Waals surface area contributed by atoms with E-state index in [9.17, 15) is 14.9 Å². The van der Waals surface area contributed by atoms with Crippen LogP contribution in [0.4, 0.5) is 5.69 Å². The fraction of sp³-hybridized carbons (Fsp3) is 0.500. The van der Waals surface area contributed by atoms with E-state index >= 15 is 0 Å². The number of nitro benzene ring substituents is 1. The Bertz CT molecular complexity index is 547. The Kier molecular flexibility index (Phi) is 6.02. The number of hydrogen-bond acceptors (Lipinski definition) is 6. The number of piperazine rings is 1. The highest BCUT2D eigenvalue weighted by molar-refractivity contribution is 7.99. The first kappa shape index (κ1) is 16.6. The first-order valence-electron chi connectivity index (χ1n) is 6.99. The van der Waals surface area contributed by atoms with E-state index in [1.54, 1.807) is 12.1 Å². The molecule has 0 unspecified atom stereocenters. The third-order valence-electron chi connectivity index (χ3n) is 3.40. The summed E-state index contributed by atoms with van der Waals surface area (Å²) in [5.41, 5.74) is 0.764. The molecular formula is C14H19N3O4S. The van der Waals surface area contributed by atoms with E-state index in [2.05, 4.69) is 5.32 Å². The van der Waals surface area contributed by atoms with E-state index in [1.807, 2.05) is 4.90 Å². The number of rotatable bonds is 6. The number of hydrogen-bond donors (Lipinski definition) is 1. The molecular weight excluding hydrogens is 306 g/mol. The highest BCUT2D eigenvalue weighted by Crippen LogP contribution is 2.29. The molecule has 0 spiro atoms. The average Bonchev–Trinajstić information content (AvgIpc) is 2.55. The Hall–Kier alpha value is -1.80. The molecule has 0 bridgehead atoms. The van der Waals surface area contributed by atoms with Crippen LogP contribution in [0.1, 0.15) is 5.56 Å². The van der Waals surface area contributed by atoms with E-state index in [0.29, 0.717) is 11.5 Å². The monoisotopic (exact) mass is 325 g/mol. The van der Waals surface area contributed by atoms with Crippen molar-refractivity contribution in [1.29, 1.82) is 0 Å². The van der Waals surface area contributed by atoms with Gasteiger partial charge in [0.05, 0.1) is 17.8 Å². The molecule has 1 aliphatic rings. The molecule has 0 radical (unpaired) electrons. The van der Waals surface area contributed by atoms with Crippen LogP contribution in [0.3, 0.4) is 0 Å². The molecule has 1 aromatic carbocycles. The number of ether oxygens (including phenoxy) is 1. The molecule has 2 rings (SSSR count). The highest BCUT2D eigenvalue weighted by Gasteiger charge is 2.17. The molecule has 7 nitrogen and oxygen atoms in total. The summed E-state index contributed by atoms with van der Waals surface area (Å²) in [6.45, 7) is 3.16. The van der Waals surface area contributed by atoms with Gasteiger partial charge in [0.15, 0.2) is 5.75 Å². The maximum absolute atomic E-state index is 12.0. The van der Waals surface area contributed by atoms with Gasteiger partial charge in [-0.15, -0.1) is 11.8 Å². The minimum atomic E-state index is -0.459. The van der Waals surface area contributed by atoms with Crippen molar-refractivity contribution < 1.29 is 14.5 Å². The molecule has 0 atom stereocenters. The van der Waals surface area contributed by atoms with Crippen LogP contribution >= 0.6 is 11.8 Å². The van der Waals surface area contributed by atoms with Gasteiger partial charge in [-0.05, 0) is 11.6 Å². The Balaban J connectivity index is 1.87. The number of carbonyl (C=O) groups is 1. The van der Waals surface area contributed by atoms with Gasteiger partial charge in [-0.25, -0.2) is 0 Å². The van der Waals surface area contributed by atoms with Crippen molar-refractivity contribution in [3.8, 4) is 5.75 Å². The van der Waals surface area contributed by atoms with Gasteiger partial charge in [-0.1, -0.05) is 6.07 Å².